The van der Waals surface area contributed by atoms with Gasteiger partial charge in [-0.3, -0.25) is 0 Å². The van der Waals surface area contributed by atoms with Crippen LogP contribution in [-0.2, 0) is 30.4 Å². The summed E-state index contributed by atoms with van der Waals surface area (Å²) in [6.07, 6.45) is 2.70. The summed E-state index contributed by atoms with van der Waals surface area (Å²) in [6.45, 7) is 0. The van der Waals surface area contributed by atoms with Crippen molar-refractivity contribution in [1.29, 1.82) is 0 Å². The molecule has 0 atom stereocenters. The van der Waals surface area contributed by atoms with Gasteiger partial charge in [-0.05, 0) is 0 Å². The predicted molar refractivity (Wildman–Crippen MR) is 238 cm³/mol. The third-order valence-electron chi connectivity index (χ3n) is 9.75. The molecule has 0 unspecified atom stereocenters. The second-order valence-corrected chi connectivity index (χ2v) is 28.0. The minimum atomic E-state index is -2.88. The van der Waals surface area contributed by atoms with Gasteiger partial charge in [0, 0.05) is 0 Å². The zero-order valence-electron chi connectivity index (χ0n) is 30.4. The fourth-order valence-electron chi connectivity index (χ4n) is 7.11. The molecule has 0 bridgehead atoms. The van der Waals surface area contributed by atoms with Gasteiger partial charge >= 0.3 is 350 Å². The van der Waals surface area contributed by atoms with E-state index in [-0.39, 0.29) is 0 Å². The van der Waals surface area contributed by atoms with Crippen molar-refractivity contribution in [3.63, 3.8) is 0 Å². The molecule has 0 aliphatic carbocycles. The van der Waals surface area contributed by atoms with E-state index in [1.54, 1.807) is 0 Å². The molecule has 0 radical (unpaired) electrons. The van der Waals surface area contributed by atoms with Gasteiger partial charge in [-0.1, -0.05) is 0 Å². The Hall–Kier alpha value is -2.14. The summed E-state index contributed by atoms with van der Waals surface area (Å²) in [4.78, 5) is 0. The van der Waals surface area contributed by atoms with E-state index in [0.717, 1.165) is 53.1 Å². The van der Waals surface area contributed by atoms with Crippen molar-refractivity contribution < 1.29 is 9.13 Å². The fraction of sp³-hybridized carbons (Fsp3) is 0.217. The average molecular weight is 1010 g/mol. The van der Waals surface area contributed by atoms with Crippen LogP contribution in [0.5, 0.6) is 0 Å². The van der Waals surface area contributed by atoms with Crippen molar-refractivity contribution in [2.75, 3.05) is 0 Å². The molecule has 2 aliphatic rings. The quantitative estimate of drug-likeness (QED) is 0.131. The topological polar surface area (TPSA) is 34.1 Å². The molecule has 0 spiro atoms. The summed E-state index contributed by atoms with van der Waals surface area (Å²) in [5.41, 5.74) is 5.13. The van der Waals surface area contributed by atoms with E-state index in [0.29, 0.717) is 59.8 Å². The van der Waals surface area contributed by atoms with Crippen molar-refractivity contribution >= 4 is 106 Å². The van der Waals surface area contributed by atoms with Crippen LogP contribution >= 0.6 is 14.3 Å². The van der Waals surface area contributed by atoms with Crippen molar-refractivity contribution in [3.05, 3.63) is 180 Å². The van der Waals surface area contributed by atoms with Gasteiger partial charge in [0.2, 0.25) is 0 Å². The molecule has 0 amide bonds. The first-order valence-corrected chi connectivity index (χ1v) is 31.7. The summed E-state index contributed by atoms with van der Waals surface area (Å²) in [6, 6.07) is 54.2. The molecule has 8 heteroatoms. The van der Waals surface area contributed by atoms with Gasteiger partial charge in [-0.25, -0.2) is 0 Å². The number of fused-ring (bicyclic) bond motifs is 4. The van der Waals surface area contributed by atoms with Crippen LogP contribution in [-0.4, -0.2) is 59.8 Å². The molecule has 6 aromatic rings. The predicted octanol–water partition coefficient (Wildman–Crippen LogP) is 7.95. The molecule has 54 heavy (non-hydrogen) atoms. The Morgan fingerprint density at radius 1 is 0.315 bits per heavy atom. The van der Waals surface area contributed by atoms with Crippen LogP contribution < -0.4 is 31.8 Å². The van der Waals surface area contributed by atoms with Gasteiger partial charge in [0.05, 0.1) is 0 Å². The Labute approximate surface area is 347 Å². The van der Waals surface area contributed by atoms with Crippen LogP contribution in [0.1, 0.15) is 35.1 Å². The van der Waals surface area contributed by atoms with E-state index in [9.17, 15) is 9.13 Å². The molecular weight excluding hydrogens is 962 g/mol. The van der Waals surface area contributed by atoms with E-state index in [4.69, 9.17) is 0 Å². The van der Waals surface area contributed by atoms with Crippen molar-refractivity contribution in [2.45, 2.75) is 55.4 Å². The molecule has 2 heterocycles. The normalized spacial score (nSPS) is 17.0. The molecule has 0 saturated heterocycles. The van der Waals surface area contributed by atoms with Crippen LogP contribution in [0.25, 0.3) is 0 Å². The summed E-state index contributed by atoms with van der Waals surface area (Å²) in [7, 11) is -5.75. The monoisotopic (exact) mass is 1010 g/mol. The second-order valence-electron chi connectivity index (χ2n) is 13.3. The van der Waals surface area contributed by atoms with Crippen LogP contribution in [0, 0.1) is 0 Å². The summed E-state index contributed by atoms with van der Waals surface area (Å²) in [5, 5.41) is 15.8. The van der Waals surface area contributed by atoms with E-state index >= 15 is 0 Å². The number of rotatable bonds is 2. The summed E-state index contributed by atoms with van der Waals surface area (Å²) in [5.74, 6) is 0. The van der Waals surface area contributed by atoms with Gasteiger partial charge in [0.15, 0.2) is 0 Å². The number of hydrogen-bond donors (Lipinski definition) is 0. The molecule has 2 nitrogen and oxygen atoms in total. The first kappa shape index (κ1) is 40.1. The molecule has 0 N–H and O–H groups in total. The van der Waals surface area contributed by atoms with Crippen LogP contribution in [0.3, 0.4) is 0 Å². The van der Waals surface area contributed by atoms with Crippen LogP contribution in [0.15, 0.2) is 158 Å². The van der Waals surface area contributed by atoms with Gasteiger partial charge in [-0.15, -0.1) is 0 Å². The Kier molecular flexibility index (Phi) is 14.7. The van der Waals surface area contributed by atoms with Crippen molar-refractivity contribution in [1.82, 2.24) is 0 Å². The zero-order valence-corrected chi connectivity index (χ0v) is 39.1. The summed E-state index contributed by atoms with van der Waals surface area (Å²) < 4.78 is 29.9. The maximum absolute atomic E-state index is 14.9. The minimum absolute atomic E-state index is 0.590. The van der Waals surface area contributed by atoms with E-state index < -0.39 is 14.3 Å². The molecular formula is C46H46O2P2Se4. The molecule has 6 aromatic carbocycles. The SMILES string of the molecule is O=P1(c2ccccc2)c2ccccc2C[Se]CCC[Se]Cc2ccccc21.O=P1(c2ccccc2)c2ccccc2C[Se]CCC[Se]Cc2ccccc21. The zero-order chi connectivity index (χ0) is 37.1. The van der Waals surface area contributed by atoms with Gasteiger partial charge < -0.3 is 0 Å². The Bertz CT molecular complexity index is 1960. The van der Waals surface area contributed by atoms with Gasteiger partial charge in [0.25, 0.3) is 0 Å². The number of benzene rings is 6. The van der Waals surface area contributed by atoms with E-state index in [1.807, 2.05) is 36.4 Å². The average Bonchev–Trinajstić information content (AvgIpc) is 3.23. The molecule has 2 aliphatic heterocycles. The first-order chi connectivity index (χ1) is 26.6. The van der Waals surface area contributed by atoms with Crippen LogP contribution in [0.2, 0.25) is 21.3 Å². The molecule has 0 saturated carbocycles. The third-order valence-corrected chi connectivity index (χ3v) is 25.4. The second kappa shape index (κ2) is 19.8. The molecule has 276 valence electrons. The van der Waals surface area contributed by atoms with Crippen molar-refractivity contribution in [2.24, 2.45) is 0 Å². The maximum atomic E-state index is 14.9. The van der Waals surface area contributed by atoms with E-state index in [1.165, 1.54) is 56.4 Å². The first-order valence-electron chi connectivity index (χ1n) is 18.6. The molecule has 0 aromatic heterocycles. The summed E-state index contributed by atoms with van der Waals surface area (Å²) >= 11 is 2.36. The van der Waals surface area contributed by atoms with Crippen LogP contribution in [0.4, 0.5) is 0 Å². The molecule has 8 rings (SSSR count). The third kappa shape index (κ3) is 9.18. The fourth-order valence-corrected chi connectivity index (χ4v) is 24.2. The van der Waals surface area contributed by atoms with Gasteiger partial charge in [0.1, 0.15) is 0 Å². The standard InChI is InChI=1S/2C23H23OPSe2/c2*24-25(21-11-2-1-3-12-21)22-13-6-4-9-19(22)17-26-15-8-16-27-18-20-10-5-7-14-23(20)25/h2*1-7,9-14H,8,15-18H2. The van der Waals surface area contributed by atoms with E-state index in [2.05, 4.69) is 121 Å². The number of hydrogen-bond acceptors (Lipinski definition) is 2. The Balaban J connectivity index is 0.000000167. The Morgan fingerprint density at radius 3 is 0.833 bits per heavy atom. The van der Waals surface area contributed by atoms with Crippen molar-refractivity contribution in [3.8, 4) is 0 Å². The van der Waals surface area contributed by atoms with Gasteiger partial charge in [-0.2, -0.15) is 0 Å². The molecule has 0 fully saturated rings. The Morgan fingerprint density at radius 2 is 0.556 bits per heavy atom.